The Balaban J connectivity index is 2.14. The average Bonchev–Trinajstić information content (AvgIpc) is 2.34. The molecule has 0 heterocycles. The second kappa shape index (κ2) is 4.96. The normalized spacial score (nSPS) is 9.41. The number of hydrogen-bond donors (Lipinski definition) is 2. The molecule has 4 nitrogen and oxygen atoms in total. The minimum Gasteiger partial charge on any atom is -0.508 e. The van der Waals surface area contributed by atoms with Gasteiger partial charge in [-0.25, -0.2) is 0 Å². The molecule has 0 atom stereocenters. The van der Waals surface area contributed by atoms with Crippen LogP contribution in [0.15, 0.2) is 58.5 Å². The molecule has 0 aliphatic carbocycles. The van der Waals surface area contributed by atoms with E-state index in [0.717, 1.165) is 0 Å². The molecule has 17 heavy (non-hydrogen) atoms. The molecule has 2 aromatic rings. The molecule has 0 bridgehead atoms. The number of hydrogen-bond acceptors (Lipinski definition) is 4. The maximum absolute atomic E-state index is 9.08. The second-order valence-corrected chi connectivity index (χ2v) is 3.36. The lowest BCUT2D eigenvalue weighted by atomic mass is 10.3. The van der Waals surface area contributed by atoms with E-state index in [1.807, 2.05) is 0 Å². The highest BCUT2D eigenvalue weighted by molar-refractivity contribution is 5.58. The Labute approximate surface area is 98.2 Å². The van der Waals surface area contributed by atoms with Crippen LogP contribution in [0.25, 0.3) is 0 Å². The topological polar surface area (TPSA) is 65.2 Å². The van der Waals surface area contributed by atoms with Crippen LogP contribution in [0.5, 0.6) is 11.5 Å². The zero-order valence-corrected chi connectivity index (χ0v) is 8.91. The lowest BCUT2D eigenvalue weighted by molar-refractivity contribution is 0.475. The minimum absolute atomic E-state index is 0.194. The number of phenols is 2. The first-order chi connectivity index (χ1) is 8.24. The van der Waals surface area contributed by atoms with Crippen molar-refractivity contribution in [3.63, 3.8) is 0 Å². The molecule has 2 aromatic carbocycles. The minimum atomic E-state index is 0.194. The van der Waals surface area contributed by atoms with Gasteiger partial charge in [0.25, 0.3) is 0 Å². The Kier molecular flexibility index (Phi) is 3.19. The molecule has 0 aliphatic rings. The maximum atomic E-state index is 9.08. The molecular formula is C13H10N2O2. The largest absolute Gasteiger partial charge is 0.508 e. The number of aromatic hydroxyl groups is 2. The summed E-state index contributed by atoms with van der Waals surface area (Å²) in [5.74, 6) is 0.388. The van der Waals surface area contributed by atoms with E-state index in [2.05, 4.69) is 16.0 Å². The highest BCUT2D eigenvalue weighted by Gasteiger charge is 1.89. The van der Waals surface area contributed by atoms with Crippen molar-refractivity contribution in [2.45, 2.75) is 0 Å². The van der Waals surface area contributed by atoms with Gasteiger partial charge in [-0.3, -0.25) is 0 Å². The first kappa shape index (κ1) is 10.9. The van der Waals surface area contributed by atoms with E-state index < -0.39 is 0 Å². The van der Waals surface area contributed by atoms with Gasteiger partial charge in [0.2, 0.25) is 0 Å². The van der Waals surface area contributed by atoms with Gasteiger partial charge in [-0.05, 0) is 48.5 Å². The van der Waals surface area contributed by atoms with Crippen molar-refractivity contribution >= 4 is 17.4 Å². The van der Waals surface area contributed by atoms with Crippen LogP contribution < -0.4 is 0 Å². The third-order valence-electron chi connectivity index (χ3n) is 2.06. The van der Waals surface area contributed by atoms with Crippen molar-refractivity contribution in [1.82, 2.24) is 0 Å². The van der Waals surface area contributed by atoms with Gasteiger partial charge in [0.05, 0.1) is 11.4 Å². The third kappa shape index (κ3) is 3.19. The summed E-state index contributed by atoms with van der Waals surface area (Å²) in [6, 6.07) is 15.4. The van der Waals surface area contributed by atoms with E-state index in [9.17, 15) is 0 Å². The van der Waals surface area contributed by atoms with Crippen molar-refractivity contribution < 1.29 is 10.2 Å². The summed E-state index contributed by atoms with van der Waals surface area (Å²) < 4.78 is 0. The number of rotatable bonds is 2. The predicted molar refractivity (Wildman–Crippen MR) is 65.4 cm³/mol. The van der Waals surface area contributed by atoms with Crippen LogP contribution in [-0.4, -0.2) is 16.2 Å². The molecule has 4 heteroatoms. The number of nitrogens with zero attached hydrogens (tertiary/aromatic N) is 2. The highest BCUT2D eigenvalue weighted by atomic mass is 16.3. The average molecular weight is 226 g/mol. The monoisotopic (exact) mass is 226 g/mol. The molecule has 2 rings (SSSR count). The van der Waals surface area contributed by atoms with Crippen LogP contribution in [0, 0.1) is 0 Å². The van der Waals surface area contributed by atoms with E-state index in [1.54, 1.807) is 48.5 Å². The standard InChI is InChI=1S/C13H10N2O2/c16-12-5-1-10(2-6-12)14-9-15-11-3-7-13(17)8-4-11/h1-8,16-17H. The van der Waals surface area contributed by atoms with Crippen LogP contribution >= 0.6 is 0 Å². The van der Waals surface area contributed by atoms with Gasteiger partial charge in [0.15, 0.2) is 0 Å². The summed E-state index contributed by atoms with van der Waals surface area (Å²) in [5, 5.41) is 18.2. The summed E-state index contributed by atoms with van der Waals surface area (Å²) >= 11 is 0. The van der Waals surface area contributed by atoms with Gasteiger partial charge in [-0.2, -0.15) is 9.98 Å². The molecule has 0 aliphatic heterocycles. The zero-order chi connectivity index (χ0) is 12.1. The fourth-order valence-corrected chi connectivity index (χ4v) is 1.19. The number of phenolic OH excluding ortho intramolecular Hbond substituents is 2. The molecular weight excluding hydrogens is 216 g/mol. The van der Waals surface area contributed by atoms with E-state index in [-0.39, 0.29) is 11.5 Å². The maximum Gasteiger partial charge on any atom is 0.115 e. The molecule has 0 unspecified atom stereocenters. The SMILES string of the molecule is Oc1ccc(N=C=Nc2ccc(O)cc2)cc1. The third-order valence-corrected chi connectivity index (χ3v) is 2.06. The molecule has 0 saturated heterocycles. The fourth-order valence-electron chi connectivity index (χ4n) is 1.19. The molecule has 2 N–H and O–H groups in total. The Bertz CT molecular complexity index is 503. The van der Waals surface area contributed by atoms with Crippen LogP contribution in [0.4, 0.5) is 11.4 Å². The second-order valence-electron chi connectivity index (χ2n) is 3.36. The summed E-state index contributed by atoms with van der Waals surface area (Å²) in [4.78, 5) is 7.95. The number of benzene rings is 2. The van der Waals surface area contributed by atoms with Crippen LogP contribution in [0.3, 0.4) is 0 Å². The Morgan fingerprint density at radius 2 is 1.00 bits per heavy atom. The summed E-state index contributed by atoms with van der Waals surface area (Å²) in [6.45, 7) is 0. The molecule has 84 valence electrons. The van der Waals surface area contributed by atoms with Crippen molar-refractivity contribution in [3.05, 3.63) is 48.5 Å². The summed E-state index contributed by atoms with van der Waals surface area (Å²) in [7, 11) is 0. The van der Waals surface area contributed by atoms with Crippen LogP contribution in [0.2, 0.25) is 0 Å². The van der Waals surface area contributed by atoms with Gasteiger partial charge in [-0.15, -0.1) is 0 Å². The Hall–Kier alpha value is -2.58. The quantitative estimate of drug-likeness (QED) is 0.772. The Morgan fingerprint density at radius 3 is 1.35 bits per heavy atom. The smallest absolute Gasteiger partial charge is 0.115 e. The van der Waals surface area contributed by atoms with Crippen molar-refractivity contribution in [2.75, 3.05) is 0 Å². The Morgan fingerprint density at radius 1 is 0.647 bits per heavy atom. The molecule has 0 aromatic heterocycles. The summed E-state index contributed by atoms with van der Waals surface area (Å²) in [6.07, 6.45) is 0. The van der Waals surface area contributed by atoms with E-state index in [0.29, 0.717) is 11.4 Å². The lowest BCUT2D eigenvalue weighted by Crippen LogP contribution is -1.66. The first-order valence-electron chi connectivity index (χ1n) is 4.98. The van der Waals surface area contributed by atoms with Gasteiger partial charge in [-0.1, -0.05) is 0 Å². The fraction of sp³-hybridized carbons (Fsp3) is 0. The lowest BCUT2D eigenvalue weighted by Gasteiger charge is -1.91. The van der Waals surface area contributed by atoms with E-state index in [1.165, 1.54) is 0 Å². The van der Waals surface area contributed by atoms with Gasteiger partial charge in [0, 0.05) is 0 Å². The first-order valence-corrected chi connectivity index (χ1v) is 4.98. The van der Waals surface area contributed by atoms with Gasteiger partial charge in [0.1, 0.15) is 17.5 Å². The molecule has 0 spiro atoms. The molecule has 0 amide bonds. The summed E-state index contributed by atoms with van der Waals surface area (Å²) in [5.41, 5.74) is 1.32. The molecule has 0 radical (unpaired) electrons. The van der Waals surface area contributed by atoms with Crippen molar-refractivity contribution in [2.24, 2.45) is 9.98 Å². The predicted octanol–water partition coefficient (Wildman–Crippen LogP) is 3.23. The van der Waals surface area contributed by atoms with Gasteiger partial charge >= 0.3 is 0 Å². The van der Waals surface area contributed by atoms with Crippen LogP contribution in [-0.2, 0) is 0 Å². The molecule has 0 saturated carbocycles. The molecule has 0 fully saturated rings. The zero-order valence-electron chi connectivity index (χ0n) is 8.91. The van der Waals surface area contributed by atoms with Gasteiger partial charge < -0.3 is 10.2 Å². The van der Waals surface area contributed by atoms with Crippen molar-refractivity contribution in [3.8, 4) is 11.5 Å². The van der Waals surface area contributed by atoms with Crippen molar-refractivity contribution in [1.29, 1.82) is 0 Å². The van der Waals surface area contributed by atoms with Crippen LogP contribution in [0.1, 0.15) is 0 Å². The highest BCUT2D eigenvalue weighted by Crippen LogP contribution is 2.17. The number of aliphatic imine (C=N–C) groups is 2. The van der Waals surface area contributed by atoms with E-state index in [4.69, 9.17) is 10.2 Å². The van der Waals surface area contributed by atoms with E-state index >= 15 is 0 Å².